The predicted octanol–water partition coefficient (Wildman–Crippen LogP) is 3.39. The lowest BCUT2D eigenvalue weighted by Gasteiger charge is -2.17. The molecule has 0 saturated heterocycles. The van der Waals surface area contributed by atoms with E-state index in [4.69, 9.17) is 0 Å². The Hall–Kier alpha value is -2.25. The van der Waals surface area contributed by atoms with Gasteiger partial charge in [-0.15, -0.1) is 0 Å². The first-order chi connectivity index (χ1) is 11.2. The highest BCUT2D eigenvalue weighted by Crippen LogP contribution is 2.21. The van der Waals surface area contributed by atoms with E-state index in [1.54, 1.807) is 13.0 Å². The van der Waals surface area contributed by atoms with Crippen molar-refractivity contribution >= 4 is 15.7 Å². The minimum atomic E-state index is -3.62. The minimum Gasteiger partial charge on any atom is -0.258 e. The van der Waals surface area contributed by atoms with Gasteiger partial charge < -0.3 is 0 Å². The Morgan fingerprint density at radius 1 is 1.17 bits per heavy atom. The van der Waals surface area contributed by atoms with Gasteiger partial charge in [0.25, 0.3) is 5.69 Å². The third-order valence-electron chi connectivity index (χ3n) is 3.73. The van der Waals surface area contributed by atoms with Gasteiger partial charge >= 0.3 is 0 Å². The van der Waals surface area contributed by atoms with Crippen LogP contribution in [0.2, 0.25) is 0 Å². The number of nitro benzene ring substituents is 1. The Bertz CT molecular complexity index is 863. The van der Waals surface area contributed by atoms with E-state index in [-0.39, 0.29) is 17.5 Å². The van der Waals surface area contributed by atoms with Crippen molar-refractivity contribution in [3.63, 3.8) is 0 Å². The molecule has 0 unspecified atom stereocenters. The molecule has 0 aromatic heterocycles. The Kier molecular flexibility index (Phi) is 5.36. The number of benzene rings is 2. The van der Waals surface area contributed by atoms with E-state index in [2.05, 4.69) is 4.72 Å². The fraction of sp³-hybridized carbons (Fsp3) is 0.294. The molecule has 7 heteroatoms. The van der Waals surface area contributed by atoms with Crippen molar-refractivity contribution in [3.8, 4) is 0 Å². The molecule has 2 aromatic rings. The first kappa shape index (κ1) is 18.1. The molecule has 6 nitrogen and oxygen atoms in total. The van der Waals surface area contributed by atoms with E-state index in [1.807, 2.05) is 32.0 Å². The molecule has 24 heavy (non-hydrogen) atoms. The third-order valence-corrected chi connectivity index (χ3v) is 5.15. The minimum absolute atomic E-state index is 0.120. The van der Waals surface area contributed by atoms with Gasteiger partial charge in [-0.25, -0.2) is 13.1 Å². The van der Waals surface area contributed by atoms with Gasteiger partial charge in [-0.05, 0) is 37.5 Å². The molecule has 0 bridgehead atoms. The van der Waals surface area contributed by atoms with Crippen LogP contribution >= 0.6 is 0 Å². The number of nitro groups is 1. The Morgan fingerprint density at radius 2 is 1.88 bits per heavy atom. The first-order valence-electron chi connectivity index (χ1n) is 7.48. The third kappa shape index (κ3) is 4.62. The summed E-state index contributed by atoms with van der Waals surface area (Å²) in [4.78, 5) is 10.2. The molecule has 2 aromatic carbocycles. The van der Waals surface area contributed by atoms with Crippen molar-refractivity contribution < 1.29 is 13.3 Å². The fourth-order valence-electron chi connectivity index (χ4n) is 2.67. The zero-order valence-corrected chi connectivity index (χ0v) is 14.6. The van der Waals surface area contributed by atoms with Gasteiger partial charge in [-0.3, -0.25) is 10.1 Å². The number of hydrogen-bond donors (Lipinski definition) is 1. The molecule has 0 saturated carbocycles. The molecule has 1 N–H and O–H groups in total. The molecule has 0 fully saturated rings. The number of hydrogen-bond acceptors (Lipinski definition) is 4. The molecule has 0 aliphatic carbocycles. The molecule has 0 aliphatic heterocycles. The zero-order valence-electron chi connectivity index (χ0n) is 13.8. The maximum Gasteiger partial charge on any atom is 0.269 e. The summed E-state index contributed by atoms with van der Waals surface area (Å²) in [5, 5.41) is 10.8. The summed E-state index contributed by atoms with van der Waals surface area (Å²) in [6, 6.07) is 11.1. The quantitative estimate of drug-likeness (QED) is 0.640. The van der Waals surface area contributed by atoms with E-state index in [1.165, 1.54) is 18.2 Å². The smallest absolute Gasteiger partial charge is 0.258 e. The normalized spacial score (nSPS) is 12.8. The van der Waals surface area contributed by atoms with Crippen molar-refractivity contribution in [2.75, 3.05) is 0 Å². The molecule has 128 valence electrons. The van der Waals surface area contributed by atoms with Gasteiger partial charge in [-0.1, -0.05) is 35.9 Å². The zero-order chi connectivity index (χ0) is 17.9. The van der Waals surface area contributed by atoms with E-state index in [0.717, 1.165) is 16.7 Å². The van der Waals surface area contributed by atoms with Gasteiger partial charge in [0, 0.05) is 18.2 Å². The maximum atomic E-state index is 12.4. The van der Waals surface area contributed by atoms with Gasteiger partial charge in [0.2, 0.25) is 10.0 Å². The van der Waals surface area contributed by atoms with Gasteiger partial charge in [0.05, 0.1) is 10.7 Å². The van der Waals surface area contributed by atoms with Crippen molar-refractivity contribution in [3.05, 3.63) is 74.8 Å². The van der Waals surface area contributed by atoms with E-state index in [0.29, 0.717) is 5.56 Å². The summed E-state index contributed by atoms with van der Waals surface area (Å²) < 4.78 is 27.4. The number of rotatable bonds is 6. The van der Waals surface area contributed by atoms with E-state index >= 15 is 0 Å². The summed E-state index contributed by atoms with van der Waals surface area (Å²) in [6.45, 7) is 5.70. The second kappa shape index (κ2) is 7.11. The van der Waals surface area contributed by atoms with Gasteiger partial charge in [0.15, 0.2) is 0 Å². The average Bonchev–Trinajstić information content (AvgIpc) is 2.46. The second-order valence-electron chi connectivity index (χ2n) is 5.89. The lowest BCUT2D eigenvalue weighted by molar-refractivity contribution is -0.384. The van der Waals surface area contributed by atoms with E-state index in [9.17, 15) is 18.5 Å². The largest absolute Gasteiger partial charge is 0.269 e. The van der Waals surface area contributed by atoms with Crippen LogP contribution in [0, 0.1) is 24.0 Å². The van der Waals surface area contributed by atoms with Crippen LogP contribution in [0.25, 0.3) is 0 Å². The summed E-state index contributed by atoms with van der Waals surface area (Å²) in [7, 11) is -3.62. The molecule has 1 atom stereocenters. The van der Waals surface area contributed by atoms with Crippen molar-refractivity contribution in [2.45, 2.75) is 32.6 Å². The molecule has 0 spiro atoms. The summed E-state index contributed by atoms with van der Waals surface area (Å²) in [6.07, 6.45) is 0. The number of nitrogens with one attached hydrogen (secondary N) is 1. The molecule has 0 heterocycles. The first-order valence-corrected chi connectivity index (χ1v) is 9.13. The Labute approximate surface area is 141 Å². The highest BCUT2D eigenvalue weighted by molar-refractivity contribution is 7.88. The number of non-ortho nitro benzene ring substituents is 1. The monoisotopic (exact) mass is 348 g/mol. The number of aryl methyl sites for hydroxylation is 2. The van der Waals surface area contributed by atoms with Crippen LogP contribution in [0.3, 0.4) is 0 Å². The maximum absolute atomic E-state index is 12.4. The van der Waals surface area contributed by atoms with Crippen LogP contribution in [0.1, 0.15) is 35.2 Å². The lowest BCUT2D eigenvalue weighted by Crippen LogP contribution is -2.28. The highest BCUT2D eigenvalue weighted by Gasteiger charge is 2.19. The molecule has 2 rings (SSSR count). The summed E-state index contributed by atoms with van der Waals surface area (Å²) in [5.74, 6) is -0.302. The molecular formula is C17H20N2O4S. The molecular weight excluding hydrogens is 328 g/mol. The predicted molar refractivity (Wildman–Crippen MR) is 93.2 cm³/mol. The Balaban J connectivity index is 2.16. The fourth-order valence-corrected chi connectivity index (χ4v) is 4.03. The van der Waals surface area contributed by atoms with Crippen LogP contribution in [0.4, 0.5) is 5.69 Å². The topological polar surface area (TPSA) is 89.3 Å². The van der Waals surface area contributed by atoms with Crippen LogP contribution in [0.5, 0.6) is 0 Å². The number of nitrogens with zero attached hydrogens (tertiary/aromatic N) is 1. The van der Waals surface area contributed by atoms with E-state index < -0.39 is 14.9 Å². The number of sulfonamides is 1. The summed E-state index contributed by atoms with van der Waals surface area (Å²) in [5.41, 5.74) is 3.29. The van der Waals surface area contributed by atoms with Crippen molar-refractivity contribution in [2.24, 2.45) is 0 Å². The van der Waals surface area contributed by atoms with Crippen LogP contribution in [-0.4, -0.2) is 13.3 Å². The van der Waals surface area contributed by atoms with Crippen LogP contribution in [-0.2, 0) is 15.8 Å². The van der Waals surface area contributed by atoms with Gasteiger partial charge in [0.1, 0.15) is 0 Å². The van der Waals surface area contributed by atoms with Crippen LogP contribution < -0.4 is 4.72 Å². The average molecular weight is 348 g/mol. The molecule has 0 radical (unpaired) electrons. The lowest BCUT2D eigenvalue weighted by atomic mass is 10.0. The Morgan fingerprint density at radius 3 is 2.50 bits per heavy atom. The summed E-state index contributed by atoms with van der Waals surface area (Å²) >= 11 is 0. The molecule has 0 amide bonds. The SMILES string of the molecule is Cc1ccc([C@H](C)NS(=O)(=O)Cc2cccc([N+](=O)[O-])c2)c(C)c1. The van der Waals surface area contributed by atoms with Gasteiger partial charge in [-0.2, -0.15) is 0 Å². The molecule has 0 aliphatic rings. The van der Waals surface area contributed by atoms with Crippen molar-refractivity contribution in [1.29, 1.82) is 0 Å². The van der Waals surface area contributed by atoms with Crippen molar-refractivity contribution in [1.82, 2.24) is 4.72 Å². The standard InChI is InChI=1S/C17H20N2O4S/c1-12-7-8-17(13(2)9-12)14(3)18-24(22,23)11-15-5-4-6-16(10-15)19(20)21/h4-10,14,18H,11H2,1-3H3/t14-/m0/s1. The van der Waals surface area contributed by atoms with Crippen LogP contribution in [0.15, 0.2) is 42.5 Å². The highest BCUT2D eigenvalue weighted by atomic mass is 32.2. The second-order valence-corrected chi connectivity index (χ2v) is 7.64.